The van der Waals surface area contributed by atoms with E-state index in [1.165, 1.54) is 5.56 Å². The molecule has 5 heteroatoms. The summed E-state index contributed by atoms with van der Waals surface area (Å²) in [7, 11) is 0. The molecule has 1 N–H and O–H groups in total. The van der Waals surface area contributed by atoms with E-state index >= 15 is 0 Å². The summed E-state index contributed by atoms with van der Waals surface area (Å²) < 4.78 is 0. The van der Waals surface area contributed by atoms with Crippen molar-refractivity contribution >= 4 is 11.7 Å². The van der Waals surface area contributed by atoms with Crippen molar-refractivity contribution in [3.63, 3.8) is 0 Å². The maximum Gasteiger partial charge on any atom is 0.223 e. The Hall–Kier alpha value is -3.21. The number of nitrogens with zero attached hydrogens (tertiary/aromatic N) is 3. The molecule has 0 spiro atoms. The van der Waals surface area contributed by atoms with E-state index in [-0.39, 0.29) is 11.8 Å². The van der Waals surface area contributed by atoms with Gasteiger partial charge in [-0.2, -0.15) is 0 Å². The molecule has 0 saturated carbocycles. The fraction of sp³-hybridized carbons (Fsp3) is 0.346. The number of aromatic nitrogens is 2. The summed E-state index contributed by atoms with van der Waals surface area (Å²) in [5.74, 6) is 1.66. The summed E-state index contributed by atoms with van der Waals surface area (Å²) in [5.41, 5.74) is 4.47. The molecule has 1 aromatic heterocycles. The van der Waals surface area contributed by atoms with Crippen LogP contribution in [0.1, 0.15) is 43.7 Å². The third-order valence-electron chi connectivity index (χ3n) is 6.03. The molecular weight excluding hydrogens is 384 g/mol. The summed E-state index contributed by atoms with van der Waals surface area (Å²) in [5, 5.41) is 3.12. The van der Waals surface area contributed by atoms with Gasteiger partial charge in [-0.25, -0.2) is 9.97 Å². The van der Waals surface area contributed by atoms with E-state index in [0.717, 1.165) is 48.6 Å². The van der Waals surface area contributed by atoms with Crippen LogP contribution in [0.4, 0.5) is 5.82 Å². The maximum atomic E-state index is 12.7. The van der Waals surface area contributed by atoms with Crippen molar-refractivity contribution in [2.24, 2.45) is 5.92 Å². The van der Waals surface area contributed by atoms with Crippen molar-refractivity contribution in [1.29, 1.82) is 0 Å². The Bertz CT molecular complexity index is 993. The molecule has 31 heavy (non-hydrogen) atoms. The first-order valence-electron chi connectivity index (χ1n) is 11.1. The van der Waals surface area contributed by atoms with E-state index in [0.29, 0.717) is 12.5 Å². The third kappa shape index (κ3) is 5.29. The van der Waals surface area contributed by atoms with Gasteiger partial charge in [0.15, 0.2) is 0 Å². The standard InChI is InChI=1S/C26H30N4O/c1-19(2)21-10-8-20(9-11-21)17-27-26(31)23-12-14-30(15-13-23)25-16-24(28-18-29-25)22-6-4-3-5-7-22/h3-11,16,18-19,23H,12-15,17H2,1-2H3,(H,27,31). The number of benzene rings is 2. The number of hydrogen-bond donors (Lipinski definition) is 1. The Kier molecular flexibility index (Phi) is 6.60. The molecule has 1 aliphatic heterocycles. The third-order valence-corrected chi connectivity index (χ3v) is 6.03. The van der Waals surface area contributed by atoms with Gasteiger partial charge >= 0.3 is 0 Å². The fourth-order valence-electron chi connectivity index (χ4n) is 4.01. The smallest absolute Gasteiger partial charge is 0.223 e. The second kappa shape index (κ2) is 9.73. The van der Waals surface area contributed by atoms with E-state index in [9.17, 15) is 4.79 Å². The highest BCUT2D eigenvalue weighted by atomic mass is 16.1. The number of hydrogen-bond acceptors (Lipinski definition) is 4. The molecule has 1 saturated heterocycles. The zero-order valence-electron chi connectivity index (χ0n) is 18.3. The topological polar surface area (TPSA) is 58.1 Å². The molecule has 4 rings (SSSR count). The van der Waals surface area contributed by atoms with Gasteiger partial charge < -0.3 is 10.2 Å². The predicted octanol–water partition coefficient (Wildman–Crippen LogP) is 4.80. The molecule has 2 aromatic carbocycles. The van der Waals surface area contributed by atoms with Crippen molar-refractivity contribution in [2.75, 3.05) is 18.0 Å². The van der Waals surface area contributed by atoms with E-state index < -0.39 is 0 Å². The van der Waals surface area contributed by atoms with Gasteiger partial charge in [0.2, 0.25) is 5.91 Å². The molecule has 0 aliphatic carbocycles. The Labute approximate surface area is 184 Å². The van der Waals surface area contributed by atoms with Gasteiger partial charge in [0.1, 0.15) is 12.1 Å². The van der Waals surface area contributed by atoms with Crippen molar-refractivity contribution < 1.29 is 4.79 Å². The SMILES string of the molecule is CC(C)c1ccc(CNC(=O)C2CCN(c3cc(-c4ccccc4)ncn3)CC2)cc1. The van der Waals surface area contributed by atoms with Crippen molar-refractivity contribution in [3.8, 4) is 11.3 Å². The Morgan fingerprint density at radius 2 is 1.74 bits per heavy atom. The highest BCUT2D eigenvalue weighted by Crippen LogP contribution is 2.25. The molecule has 0 atom stereocenters. The van der Waals surface area contributed by atoms with Crippen LogP contribution in [0.3, 0.4) is 0 Å². The molecule has 0 bridgehead atoms. The van der Waals surface area contributed by atoms with Crippen molar-refractivity contribution in [3.05, 3.63) is 78.1 Å². The van der Waals surface area contributed by atoms with E-state index in [1.807, 2.05) is 24.3 Å². The fourth-order valence-corrected chi connectivity index (χ4v) is 4.01. The summed E-state index contributed by atoms with van der Waals surface area (Å²) in [6.45, 7) is 6.61. The van der Waals surface area contributed by atoms with Crippen LogP contribution in [0.2, 0.25) is 0 Å². The lowest BCUT2D eigenvalue weighted by Gasteiger charge is -2.32. The Morgan fingerprint density at radius 3 is 2.42 bits per heavy atom. The lowest BCUT2D eigenvalue weighted by atomic mass is 9.95. The number of amides is 1. The Morgan fingerprint density at radius 1 is 1.03 bits per heavy atom. The average Bonchev–Trinajstić information content (AvgIpc) is 2.83. The second-order valence-electron chi connectivity index (χ2n) is 8.50. The number of piperidine rings is 1. The normalized spacial score (nSPS) is 14.6. The summed E-state index contributed by atoms with van der Waals surface area (Å²) in [6, 6.07) is 20.7. The molecule has 160 valence electrons. The average molecular weight is 415 g/mol. The van der Waals surface area contributed by atoms with Crippen molar-refractivity contribution in [2.45, 2.75) is 39.2 Å². The molecular formula is C26H30N4O. The van der Waals surface area contributed by atoms with Gasteiger partial charge in [0.25, 0.3) is 0 Å². The van der Waals surface area contributed by atoms with Crippen LogP contribution in [0.5, 0.6) is 0 Å². The molecule has 0 unspecified atom stereocenters. The summed E-state index contributed by atoms with van der Waals surface area (Å²) in [6.07, 6.45) is 3.30. The first-order chi connectivity index (χ1) is 15.1. The number of nitrogens with one attached hydrogen (secondary N) is 1. The van der Waals surface area contributed by atoms with Gasteiger partial charge in [-0.15, -0.1) is 0 Å². The highest BCUT2D eigenvalue weighted by Gasteiger charge is 2.25. The molecule has 1 amide bonds. The predicted molar refractivity (Wildman–Crippen MR) is 125 cm³/mol. The van der Waals surface area contributed by atoms with Crippen molar-refractivity contribution in [1.82, 2.24) is 15.3 Å². The summed E-state index contributed by atoms with van der Waals surface area (Å²) in [4.78, 5) is 23.8. The van der Waals surface area contributed by atoms with Crippen LogP contribution in [0, 0.1) is 5.92 Å². The first-order valence-corrected chi connectivity index (χ1v) is 11.1. The van der Waals surface area contributed by atoms with Gasteiger partial charge in [-0.3, -0.25) is 4.79 Å². The van der Waals surface area contributed by atoms with Crippen LogP contribution >= 0.6 is 0 Å². The van der Waals surface area contributed by atoms with E-state index in [2.05, 4.69) is 70.4 Å². The quantitative estimate of drug-likeness (QED) is 0.629. The zero-order valence-corrected chi connectivity index (χ0v) is 18.3. The second-order valence-corrected chi connectivity index (χ2v) is 8.50. The number of carbonyl (C=O) groups is 1. The van der Waals surface area contributed by atoms with Crippen LogP contribution < -0.4 is 10.2 Å². The highest BCUT2D eigenvalue weighted by molar-refractivity contribution is 5.79. The van der Waals surface area contributed by atoms with Gasteiger partial charge in [-0.1, -0.05) is 68.4 Å². The monoisotopic (exact) mass is 414 g/mol. The first kappa shape index (κ1) is 21.0. The van der Waals surface area contributed by atoms with E-state index in [1.54, 1.807) is 6.33 Å². The zero-order chi connectivity index (χ0) is 21.6. The number of carbonyl (C=O) groups excluding carboxylic acids is 1. The minimum atomic E-state index is 0.0571. The minimum Gasteiger partial charge on any atom is -0.356 e. The van der Waals surface area contributed by atoms with Gasteiger partial charge in [-0.05, 0) is 29.9 Å². The summed E-state index contributed by atoms with van der Waals surface area (Å²) >= 11 is 0. The van der Waals surface area contributed by atoms with Crippen LogP contribution in [0.25, 0.3) is 11.3 Å². The molecule has 5 nitrogen and oxygen atoms in total. The van der Waals surface area contributed by atoms with Crippen LogP contribution in [-0.2, 0) is 11.3 Å². The molecule has 0 radical (unpaired) electrons. The molecule has 1 aliphatic rings. The lowest BCUT2D eigenvalue weighted by molar-refractivity contribution is -0.125. The number of anilines is 1. The Balaban J connectivity index is 1.30. The van der Waals surface area contributed by atoms with Crippen LogP contribution in [-0.4, -0.2) is 29.0 Å². The van der Waals surface area contributed by atoms with Gasteiger partial charge in [0.05, 0.1) is 5.69 Å². The molecule has 2 heterocycles. The van der Waals surface area contributed by atoms with Crippen LogP contribution in [0.15, 0.2) is 67.0 Å². The number of rotatable bonds is 6. The van der Waals surface area contributed by atoms with Gasteiger partial charge in [0, 0.05) is 37.2 Å². The largest absolute Gasteiger partial charge is 0.356 e. The minimum absolute atomic E-state index is 0.0571. The maximum absolute atomic E-state index is 12.7. The lowest BCUT2D eigenvalue weighted by Crippen LogP contribution is -2.40. The molecule has 1 fully saturated rings. The van der Waals surface area contributed by atoms with E-state index in [4.69, 9.17) is 0 Å². The molecule has 3 aromatic rings.